The van der Waals surface area contributed by atoms with Crippen LogP contribution in [0.5, 0.6) is 0 Å². The molecule has 2 N–H and O–H groups in total. The summed E-state index contributed by atoms with van der Waals surface area (Å²) in [6.07, 6.45) is 2.31. The maximum atomic E-state index is 12.2. The third-order valence-electron chi connectivity index (χ3n) is 3.95. The average molecular weight is 465 g/mol. The minimum Gasteiger partial charge on any atom is -0.457 e. The number of nitrogens with one attached hydrogen (secondary N) is 1. The van der Waals surface area contributed by atoms with Gasteiger partial charge in [-0.25, -0.2) is 14.2 Å². The largest absolute Gasteiger partial charge is 0.457 e. The number of thioether (sulfide) groups is 1. The molecular formula is C17H28N3O8PS. The first-order chi connectivity index (χ1) is 14.4. The molecule has 30 heavy (non-hydrogen) atoms. The van der Waals surface area contributed by atoms with Crippen molar-refractivity contribution in [3.8, 4) is 0 Å². The first kappa shape index (κ1) is 24.8. The Morgan fingerprint density at radius 3 is 2.73 bits per heavy atom. The van der Waals surface area contributed by atoms with Crippen LogP contribution in [0.2, 0.25) is 0 Å². The summed E-state index contributed by atoms with van der Waals surface area (Å²) in [5.41, 5.74) is -1.76. The summed E-state index contributed by atoms with van der Waals surface area (Å²) in [7, 11) is -3.89. The summed E-state index contributed by atoms with van der Waals surface area (Å²) in [6, 6.07) is 1.67. The Bertz CT molecular complexity index is 783. The molecule has 0 aliphatic carbocycles. The number of rotatable bonds is 13. The number of aliphatic hydroxyl groups excluding tert-OH is 1. The lowest BCUT2D eigenvalue weighted by molar-refractivity contribution is -0.00629. The smallest absolute Gasteiger partial charge is 0.438 e. The highest BCUT2D eigenvalue weighted by Gasteiger charge is 2.36. The highest BCUT2D eigenvalue weighted by atomic mass is 32.2. The van der Waals surface area contributed by atoms with Gasteiger partial charge in [-0.3, -0.25) is 4.57 Å². The zero-order valence-electron chi connectivity index (χ0n) is 17.0. The van der Waals surface area contributed by atoms with Gasteiger partial charge in [-0.05, 0) is 32.8 Å². The molecule has 1 aromatic heterocycles. The monoisotopic (exact) mass is 465 g/mol. The van der Waals surface area contributed by atoms with Crippen LogP contribution in [0.15, 0.2) is 17.1 Å². The molecule has 1 aliphatic rings. The molecule has 0 aromatic carbocycles. The van der Waals surface area contributed by atoms with Crippen molar-refractivity contribution >= 4 is 30.9 Å². The van der Waals surface area contributed by atoms with Gasteiger partial charge in [-0.2, -0.15) is 4.98 Å². The number of hydrogen-bond donors (Lipinski definition) is 2. The fourth-order valence-electron chi connectivity index (χ4n) is 2.58. The molecule has 1 aromatic rings. The number of aliphatic hydroxyl groups is 1. The second-order valence-corrected chi connectivity index (χ2v) is 9.19. The molecule has 2 atom stereocenters. The van der Waals surface area contributed by atoms with E-state index in [2.05, 4.69) is 10.3 Å². The number of nitrogens with zero attached hydrogens (tertiary/aromatic N) is 2. The minimum atomic E-state index is -3.89. The van der Waals surface area contributed by atoms with Gasteiger partial charge in [0.25, 0.3) is 0 Å². The van der Waals surface area contributed by atoms with Crippen molar-refractivity contribution < 1.29 is 33.0 Å². The lowest BCUT2D eigenvalue weighted by Gasteiger charge is -2.15. The second-order valence-electron chi connectivity index (χ2n) is 6.12. The second kappa shape index (κ2) is 12.4. The van der Waals surface area contributed by atoms with Crippen molar-refractivity contribution in [1.82, 2.24) is 9.55 Å². The third-order valence-corrected chi connectivity index (χ3v) is 6.83. The summed E-state index contributed by atoms with van der Waals surface area (Å²) in [4.78, 5) is 28.1. The Labute approximate surface area is 179 Å². The van der Waals surface area contributed by atoms with E-state index in [1.54, 1.807) is 26.1 Å². The molecule has 0 radical (unpaired) electrons. The van der Waals surface area contributed by atoms with Crippen molar-refractivity contribution in [2.75, 3.05) is 44.0 Å². The topological polar surface area (TPSA) is 138 Å². The predicted molar refractivity (Wildman–Crippen MR) is 112 cm³/mol. The Hall–Kier alpha value is -1.43. The van der Waals surface area contributed by atoms with E-state index in [1.807, 2.05) is 0 Å². The van der Waals surface area contributed by atoms with Crippen molar-refractivity contribution in [2.24, 2.45) is 0 Å². The lowest BCUT2D eigenvalue weighted by atomic mass is 10.3. The van der Waals surface area contributed by atoms with Gasteiger partial charge < -0.3 is 28.9 Å². The van der Waals surface area contributed by atoms with E-state index in [9.17, 15) is 14.2 Å². The van der Waals surface area contributed by atoms with Gasteiger partial charge in [0, 0.05) is 18.5 Å². The molecular weight excluding hydrogens is 437 g/mol. The quantitative estimate of drug-likeness (QED) is 0.328. The average Bonchev–Trinajstić information content (AvgIpc) is 3.19. The Kier molecular flexibility index (Phi) is 10.3. The Morgan fingerprint density at radius 1 is 1.40 bits per heavy atom. The summed E-state index contributed by atoms with van der Waals surface area (Å²) in [6.45, 7) is 3.86. The van der Waals surface area contributed by atoms with Crippen molar-refractivity contribution in [3.05, 3.63) is 22.7 Å². The van der Waals surface area contributed by atoms with Crippen LogP contribution in [0.3, 0.4) is 0 Å². The van der Waals surface area contributed by atoms with E-state index in [1.165, 1.54) is 16.3 Å². The first-order valence-electron chi connectivity index (χ1n) is 9.71. The van der Waals surface area contributed by atoms with E-state index < -0.39 is 25.2 Å². The zero-order valence-corrected chi connectivity index (χ0v) is 18.7. The fraction of sp³-hybridized carbons (Fsp3) is 0.706. The van der Waals surface area contributed by atoms with Gasteiger partial charge in [0.05, 0.1) is 26.4 Å². The number of anilines is 1. The number of unbranched alkanes of at least 4 members (excludes halogenated alkanes) is 1. The Balaban J connectivity index is 1.71. The van der Waals surface area contributed by atoms with Gasteiger partial charge in [-0.15, -0.1) is 11.8 Å². The van der Waals surface area contributed by atoms with Crippen molar-refractivity contribution in [2.45, 2.75) is 38.4 Å². The van der Waals surface area contributed by atoms with Gasteiger partial charge in [0.1, 0.15) is 17.5 Å². The Morgan fingerprint density at radius 2 is 2.13 bits per heavy atom. The van der Waals surface area contributed by atoms with Crippen LogP contribution >= 0.6 is 19.4 Å². The third kappa shape index (κ3) is 7.07. The van der Waals surface area contributed by atoms with Gasteiger partial charge in [-0.1, -0.05) is 0 Å². The number of carbonyl (C=O) groups is 1. The summed E-state index contributed by atoms with van der Waals surface area (Å²) in [5, 5.41) is 12.1. The highest BCUT2D eigenvalue weighted by molar-refractivity contribution is 8.00. The lowest BCUT2D eigenvalue weighted by Crippen LogP contribution is -2.29. The maximum absolute atomic E-state index is 12.2. The molecule has 170 valence electrons. The number of hydrogen-bond acceptors (Lipinski definition) is 11. The van der Waals surface area contributed by atoms with Crippen LogP contribution in [0.1, 0.15) is 32.9 Å². The zero-order chi connectivity index (χ0) is 22.0. The first-order valence-corrected chi connectivity index (χ1v) is 12.3. The van der Waals surface area contributed by atoms with Crippen molar-refractivity contribution in [3.63, 3.8) is 0 Å². The SMILES string of the molecule is CCOP(=O)(OCC)C(=O)OCCCCNc1ccn([C@H]2CS[C@@H](CO)O2)c(=O)n1. The fourth-order valence-corrected chi connectivity index (χ4v) is 4.73. The van der Waals surface area contributed by atoms with Gasteiger partial charge >= 0.3 is 19.0 Å². The number of aromatic nitrogens is 2. The molecule has 11 nitrogen and oxygen atoms in total. The molecule has 2 rings (SSSR count). The van der Waals surface area contributed by atoms with Crippen LogP contribution in [0, 0.1) is 0 Å². The molecule has 0 bridgehead atoms. The van der Waals surface area contributed by atoms with E-state index in [0.717, 1.165) is 0 Å². The van der Waals surface area contributed by atoms with Gasteiger partial charge in [0.2, 0.25) is 0 Å². The highest BCUT2D eigenvalue weighted by Crippen LogP contribution is 2.49. The van der Waals surface area contributed by atoms with Crippen LogP contribution < -0.4 is 11.0 Å². The molecule has 0 amide bonds. The van der Waals surface area contributed by atoms with E-state index in [0.29, 0.717) is 31.0 Å². The molecule has 13 heteroatoms. The number of carbonyl (C=O) groups excluding carboxylic acids is 1. The minimum absolute atomic E-state index is 0.0718. The molecule has 1 aliphatic heterocycles. The molecule has 0 unspecified atom stereocenters. The van der Waals surface area contributed by atoms with Crippen molar-refractivity contribution in [1.29, 1.82) is 0 Å². The van der Waals surface area contributed by atoms with E-state index >= 15 is 0 Å². The number of ether oxygens (including phenoxy) is 2. The van der Waals surface area contributed by atoms with Crippen LogP contribution in [0.25, 0.3) is 0 Å². The molecule has 0 saturated carbocycles. The standard InChI is InChI=1S/C17H28N3O8PS/c1-3-26-29(24,27-4-2)17(23)25-10-6-5-8-18-13-7-9-20(16(22)19-13)14-12-30-15(11-21)28-14/h7,9,14-15,21H,3-6,8,10-12H2,1-2H3,(H,18,19,22)/t14-,15+/m1/s1. The predicted octanol–water partition coefficient (Wildman–Crippen LogP) is 2.42. The molecule has 1 fully saturated rings. The van der Waals surface area contributed by atoms with Crippen LogP contribution in [-0.2, 0) is 23.1 Å². The van der Waals surface area contributed by atoms with E-state index in [4.69, 9.17) is 23.6 Å². The summed E-state index contributed by atoms with van der Waals surface area (Å²) in [5.74, 6) is 0.993. The summed E-state index contributed by atoms with van der Waals surface area (Å²) < 4.78 is 34.0. The van der Waals surface area contributed by atoms with Crippen LogP contribution in [-0.4, -0.2) is 64.5 Å². The van der Waals surface area contributed by atoms with Gasteiger partial charge in [0.15, 0.2) is 0 Å². The molecule has 1 saturated heterocycles. The normalized spacial score (nSPS) is 19.0. The van der Waals surface area contributed by atoms with Crippen LogP contribution in [0.4, 0.5) is 10.6 Å². The maximum Gasteiger partial charge on any atom is 0.438 e. The molecule has 2 heterocycles. The van der Waals surface area contributed by atoms with E-state index in [-0.39, 0.29) is 31.9 Å². The summed E-state index contributed by atoms with van der Waals surface area (Å²) >= 11 is 1.44. The molecule has 0 spiro atoms.